The van der Waals surface area contributed by atoms with Crippen molar-refractivity contribution in [3.8, 4) is 0 Å². The number of aliphatic hydroxyl groups excluding tert-OH is 7. The molecule has 2 rings (SSSR count). The van der Waals surface area contributed by atoms with Gasteiger partial charge in [-0.1, -0.05) is 149 Å². The van der Waals surface area contributed by atoms with Crippen molar-refractivity contribution in [1.82, 2.24) is 0 Å². The summed E-state index contributed by atoms with van der Waals surface area (Å²) in [5.41, 5.74) is 0. The maximum Gasteiger partial charge on any atom is 0.306 e. The Morgan fingerprint density at radius 1 is 0.475 bits per heavy atom. The molecule has 2 saturated heterocycles. The van der Waals surface area contributed by atoms with E-state index in [2.05, 4.69) is 13.8 Å². The maximum atomic E-state index is 12.9. The van der Waals surface area contributed by atoms with Crippen LogP contribution in [0, 0.1) is 0 Å². The van der Waals surface area contributed by atoms with Gasteiger partial charge in [-0.3, -0.25) is 9.59 Å². The molecular weight excluding hydrogens is 768 g/mol. The molecule has 0 aromatic heterocycles. The van der Waals surface area contributed by atoms with E-state index in [1.807, 2.05) is 0 Å². The Hall–Kier alpha value is -1.50. The Bertz CT molecular complexity index is 1050. The summed E-state index contributed by atoms with van der Waals surface area (Å²) in [6.45, 7) is 2.56. The topological polar surface area (TPSA) is 231 Å². The maximum absolute atomic E-state index is 12.9. The average molecular weight is 851 g/mol. The number of aliphatic hydroxyl groups is 7. The van der Waals surface area contributed by atoms with Crippen LogP contribution in [0.2, 0.25) is 0 Å². The lowest BCUT2D eigenvalue weighted by atomic mass is 9.98. The number of carbonyl (C=O) groups is 2. The van der Waals surface area contributed by atoms with Crippen molar-refractivity contribution >= 4 is 11.9 Å². The van der Waals surface area contributed by atoms with Gasteiger partial charge in [0, 0.05) is 12.8 Å². The Balaban J connectivity index is 1.84. The van der Waals surface area contributed by atoms with Gasteiger partial charge in [-0.25, -0.2) is 0 Å². The molecule has 0 amide bonds. The van der Waals surface area contributed by atoms with Gasteiger partial charge >= 0.3 is 11.9 Å². The molecule has 0 radical (unpaired) electrons. The number of carbonyl (C=O) groups excluding carboxylic acids is 2. The predicted molar refractivity (Wildman–Crippen MR) is 220 cm³/mol. The van der Waals surface area contributed by atoms with Crippen molar-refractivity contribution in [2.24, 2.45) is 0 Å². The van der Waals surface area contributed by atoms with Gasteiger partial charge in [-0.15, -0.1) is 0 Å². The predicted octanol–water partition coefficient (Wildman–Crippen LogP) is 4.87. The minimum atomic E-state index is -1.76. The highest BCUT2D eigenvalue weighted by Crippen LogP contribution is 2.26. The van der Waals surface area contributed by atoms with Crippen molar-refractivity contribution in [2.75, 3.05) is 26.4 Å². The molecule has 11 atom stereocenters. The molecule has 2 aliphatic heterocycles. The number of hydrogen-bond donors (Lipinski definition) is 7. The Morgan fingerprint density at radius 3 is 1.32 bits per heavy atom. The smallest absolute Gasteiger partial charge is 0.306 e. The molecule has 15 nitrogen and oxygen atoms in total. The van der Waals surface area contributed by atoms with Gasteiger partial charge in [0.15, 0.2) is 18.7 Å². The van der Waals surface area contributed by atoms with Crippen LogP contribution >= 0.6 is 0 Å². The highest BCUT2D eigenvalue weighted by molar-refractivity contribution is 5.70. The van der Waals surface area contributed by atoms with E-state index in [4.69, 9.17) is 28.4 Å². The number of ether oxygens (including phenoxy) is 6. The minimum Gasteiger partial charge on any atom is -0.462 e. The van der Waals surface area contributed by atoms with Crippen molar-refractivity contribution in [3.05, 3.63) is 0 Å². The Labute approximate surface area is 353 Å². The molecule has 2 heterocycles. The fourth-order valence-electron chi connectivity index (χ4n) is 7.45. The van der Waals surface area contributed by atoms with Gasteiger partial charge in [0.05, 0.1) is 19.8 Å². The van der Waals surface area contributed by atoms with Crippen LogP contribution in [-0.4, -0.2) is 142 Å². The summed E-state index contributed by atoms with van der Waals surface area (Å²) in [6, 6.07) is 0. The van der Waals surface area contributed by atoms with Crippen LogP contribution in [0.15, 0.2) is 0 Å². The van der Waals surface area contributed by atoms with Crippen LogP contribution in [-0.2, 0) is 38.0 Å². The molecule has 7 N–H and O–H groups in total. The molecule has 0 aliphatic carbocycles. The zero-order valence-corrected chi connectivity index (χ0v) is 36.3. The van der Waals surface area contributed by atoms with E-state index in [0.717, 1.165) is 38.5 Å². The summed E-state index contributed by atoms with van der Waals surface area (Å²) in [5.74, 6) is -0.919. The average Bonchev–Trinajstić information content (AvgIpc) is 3.23. The molecule has 0 bridgehead atoms. The first-order valence-corrected chi connectivity index (χ1v) is 23.1. The fourth-order valence-corrected chi connectivity index (χ4v) is 7.45. The third-order valence-electron chi connectivity index (χ3n) is 11.3. The molecule has 0 aromatic rings. The quantitative estimate of drug-likeness (QED) is 0.0333. The van der Waals surface area contributed by atoms with E-state index in [1.54, 1.807) is 0 Å². The normalized spacial score (nSPS) is 27.7. The van der Waals surface area contributed by atoms with Gasteiger partial charge in [-0.05, 0) is 12.8 Å². The van der Waals surface area contributed by atoms with Crippen LogP contribution < -0.4 is 0 Å². The van der Waals surface area contributed by atoms with E-state index in [-0.39, 0.29) is 26.1 Å². The van der Waals surface area contributed by atoms with Crippen LogP contribution in [0.1, 0.15) is 174 Å². The van der Waals surface area contributed by atoms with Gasteiger partial charge < -0.3 is 64.2 Å². The van der Waals surface area contributed by atoms with Gasteiger partial charge in [0.2, 0.25) is 0 Å². The number of unbranched alkanes of at least 4 members (excludes halogenated alkanes) is 21. The Kier molecular flexibility index (Phi) is 30.1. The first-order valence-electron chi connectivity index (χ1n) is 23.1. The number of esters is 2. The van der Waals surface area contributed by atoms with Crippen molar-refractivity contribution in [1.29, 1.82) is 0 Å². The number of rotatable bonds is 35. The lowest BCUT2D eigenvalue weighted by Gasteiger charge is -2.42. The van der Waals surface area contributed by atoms with E-state index >= 15 is 0 Å². The molecule has 15 heteroatoms. The molecule has 0 aromatic carbocycles. The molecule has 59 heavy (non-hydrogen) atoms. The summed E-state index contributed by atoms with van der Waals surface area (Å²) >= 11 is 0. The fraction of sp³-hybridized carbons (Fsp3) is 0.955. The van der Waals surface area contributed by atoms with Gasteiger partial charge in [-0.2, -0.15) is 0 Å². The third-order valence-corrected chi connectivity index (χ3v) is 11.3. The summed E-state index contributed by atoms with van der Waals surface area (Å²) in [4.78, 5) is 25.5. The molecule has 2 aliphatic rings. The van der Waals surface area contributed by atoms with Crippen molar-refractivity contribution in [3.63, 3.8) is 0 Å². The minimum absolute atomic E-state index is 0.172. The highest BCUT2D eigenvalue weighted by atomic mass is 16.7. The standard InChI is InChI=1S/C44H82O15/c1-3-5-7-9-11-13-14-15-16-17-19-21-23-25-27-36(47)57-32(29-54-35(46)26-24-22-20-18-12-10-8-6-4-2)30-55-43-42(53)40(51)38(49)34(59-43)31-56-44-41(52)39(50)37(48)33(28-45)58-44/h32-34,37-45,48-53H,3-31H2,1-2H3. The van der Waals surface area contributed by atoms with Gasteiger partial charge in [0.25, 0.3) is 0 Å². The highest BCUT2D eigenvalue weighted by Gasteiger charge is 2.47. The molecule has 11 unspecified atom stereocenters. The lowest BCUT2D eigenvalue weighted by molar-refractivity contribution is -0.332. The second kappa shape index (κ2) is 33.1. The van der Waals surface area contributed by atoms with Crippen molar-refractivity contribution in [2.45, 2.75) is 242 Å². The van der Waals surface area contributed by atoms with E-state index < -0.39 is 92.7 Å². The van der Waals surface area contributed by atoms with Crippen LogP contribution in [0.4, 0.5) is 0 Å². The summed E-state index contributed by atoms with van der Waals surface area (Å²) in [6.07, 6.45) is 10.1. The zero-order valence-electron chi connectivity index (χ0n) is 36.3. The monoisotopic (exact) mass is 851 g/mol. The number of hydrogen-bond acceptors (Lipinski definition) is 15. The molecule has 348 valence electrons. The first kappa shape index (κ1) is 53.6. The summed E-state index contributed by atoms with van der Waals surface area (Å²) in [5, 5.41) is 71.8. The molecule has 0 spiro atoms. The van der Waals surface area contributed by atoms with Crippen LogP contribution in [0.3, 0.4) is 0 Å². The van der Waals surface area contributed by atoms with Crippen molar-refractivity contribution < 1.29 is 73.8 Å². The van der Waals surface area contributed by atoms with E-state index in [9.17, 15) is 45.3 Å². The second-order valence-electron chi connectivity index (χ2n) is 16.6. The largest absolute Gasteiger partial charge is 0.462 e. The molecular formula is C44H82O15. The van der Waals surface area contributed by atoms with Gasteiger partial charge in [0.1, 0.15) is 55.4 Å². The zero-order chi connectivity index (χ0) is 43.3. The summed E-state index contributed by atoms with van der Waals surface area (Å²) < 4.78 is 33.4. The molecule has 0 saturated carbocycles. The van der Waals surface area contributed by atoms with Crippen LogP contribution in [0.5, 0.6) is 0 Å². The van der Waals surface area contributed by atoms with E-state index in [0.29, 0.717) is 12.8 Å². The Morgan fingerprint density at radius 2 is 0.864 bits per heavy atom. The van der Waals surface area contributed by atoms with E-state index in [1.165, 1.54) is 96.3 Å². The summed E-state index contributed by atoms with van der Waals surface area (Å²) in [7, 11) is 0. The second-order valence-corrected chi connectivity index (χ2v) is 16.6. The SMILES string of the molecule is CCCCCCCCCCCCCCCCC(=O)OC(COC(=O)CCCCCCCCCCC)COC1OC(COC2OC(CO)C(O)C(O)C2O)C(O)C(O)C1O. The molecule has 2 fully saturated rings. The van der Waals surface area contributed by atoms with Crippen LogP contribution in [0.25, 0.3) is 0 Å². The lowest BCUT2D eigenvalue weighted by Crippen LogP contribution is -2.61. The first-order chi connectivity index (χ1) is 28.5. The third kappa shape index (κ3) is 22.4.